The standard InChI is InChI=1S/C20H24N2O3/c1-14-11-19(24-5)20(25-10-9-23-4)12-18(14)16(3)22-15(2)17-7-6-8-21-13-17/h6-8,11-13H,2,9-10H2,1,3-5H3. The van der Waals surface area contributed by atoms with Gasteiger partial charge in [0, 0.05) is 36.3 Å². The van der Waals surface area contributed by atoms with Crippen LogP contribution >= 0.6 is 0 Å². The fourth-order valence-corrected chi connectivity index (χ4v) is 2.42. The van der Waals surface area contributed by atoms with Gasteiger partial charge < -0.3 is 14.2 Å². The lowest BCUT2D eigenvalue weighted by molar-refractivity contribution is 0.144. The Balaban J connectivity index is 2.31. The first-order valence-corrected chi connectivity index (χ1v) is 8.02. The van der Waals surface area contributed by atoms with Gasteiger partial charge in [-0.25, -0.2) is 0 Å². The smallest absolute Gasteiger partial charge is 0.161 e. The van der Waals surface area contributed by atoms with E-state index in [-0.39, 0.29) is 0 Å². The van der Waals surface area contributed by atoms with Crippen molar-refractivity contribution in [3.8, 4) is 11.5 Å². The van der Waals surface area contributed by atoms with Crippen molar-refractivity contribution in [1.29, 1.82) is 0 Å². The Labute approximate surface area is 149 Å². The van der Waals surface area contributed by atoms with Crippen LogP contribution in [-0.4, -0.2) is 38.1 Å². The fraction of sp³-hybridized carbons (Fsp3) is 0.300. The van der Waals surface area contributed by atoms with Gasteiger partial charge in [-0.1, -0.05) is 6.58 Å². The number of hydrogen-bond donors (Lipinski definition) is 0. The highest BCUT2D eigenvalue weighted by molar-refractivity contribution is 6.03. The molecular formula is C20H24N2O3. The number of benzene rings is 1. The Morgan fingerprint density at radius 2 is 2.00 bits per heavy atom. The zero-order valence-electron chi connectivity index (χ0n) is 15.2. The Hall–Kier alpha value is -2.66. The molecule has 0 saturated heterocycles. The average Bonchev–Trinajstić information content (AvgIpc) is 2.63. The number of aromatic nitrogens is 1. The third-order valence-corrected chi connectivity index (χ3v) is 3.74. The second kappa shape index (κ2) is 8.99. The van der Waals surface area contributed by atoms with Crippen LogP contribution in [-0.2, 0) is 4.74 Å². The van der Waals surface area contributed by atoms with E-state index in [1.807, 2.05) is 38.1 Å². The molecule has 2 aromatic rings. The molecule has 1 aromatic heterocycles. The minimum Gasteiger partial charge on any atom is -0.493 e. The van der Waals surface area contributed by atoms with E-state index in [4.69, 9.17) is 14.2 Å². The van der Waals surface area contributed by atoms with Gasteiger partial charge in [0.05, 0.1) is 19.4 Å². The molecule has 25 heavy (non-hydrogen) atoms. The first kappa shape index (κ1) is 18.7. The molecule has 5 nitrogen and oxygen atoms in total. The van der Waals surface area contributed by atoms with E-state index < -0.39 is 0 Å². The molecule has 0 bridgehead atoms. The number of rotatable bonds is 8. The molecule has 2 rings (SSSR count). The molecule has 0 N–H and O–H groups in total. The zero-order chi connectivity index (χ0) is 18.2. The molecule has 0 atom stereocenters. The predicted molar refractivity (Wildman–Crippen MR) is 101 cm³/mol. The van der Waals surface area contributed by atoms with Crippen molar-refractivity contribution in [3.63, 3.8) is 0 Å². The Kier molecular flexibility index (Phi) is 6.71. The van der Waals surface area contributed by atoms with E-state index in [1.165, 1.54) is 0 Å². The van der Waals surface area contributed by atoms with Crippen molar-refractivity contribution in [3.05, 3.63) is 59.9 Å². The van der Waals surface area contributed by atoms with E-state index in [2.05, 4.69) is 16.6 Å². The summed E-state index contributed by atoms with van der Waals surface area (Å²) in [6.45, 7) is 8.97. The number of ether oxygens (including phenoxy) is 3. The topological polar surface area (TPSA) is 52.9 Å². The van der Waals surface area contributed by atoms with Crippen LogP contribution in [0.15, 0.2) is 48.2 Å². The van der Waals surface area contributed by atoms with Gasteiger partial charge in [0.1, 0.15) is 6.61 Å². The number of aliphatic imine (C=N–C) groups is 1. The summed E-state index contributed by atoms with van der Waals surface area (Å²) in [5.74, 6) is 1.36. The third-order valence-electron chi connectivity index (χ3n) is 3.74. The van der Waals surface area contributed by atoms with Gasteiger partial charge in [0.15, 0.2) is 11.5 Å². The molecule has 0 unspecified atom stereocenters. The van der Waals surface area contributed by atoms with Crippen molar-refractivity contribution in [1.82, 2.24) is 4.98 Å². The molecule has 0 spiro atoms. The van der Waals surface area contributed by atoms with Crippen LogP contribution in [0.5, 0.6) is 11.5 Å². The van der Waals surface area contributed by atoms with Gasteiger partial charge in [-0.3, -0.25) is 9.98 Å². The summed E-state index contributed by atoms with van der Waals surface area (Å²) in [6, 6.07) is 7.69. The normalized spacial score (nSPS) is 11.3. The van der Waals surface area contributed by atoms with E-state index in [0.717, 1.165) is 22.4 Å². The lowest BCUT2D eigenvalue weighted by atomic mass is 10.0. The molecular weight excluding hydrogens is 316 g/mol. The van der Waals surface area contributed by atoms with Gasteiger partial charge in [-0.2, -0.15) is 0 Å². The third kappa shape index (κ3) is 4.90. The molecule has 0 saturated carbocycles. The molecule has 0 radical (unpaired) electrons. The second-order valence-electron chi connectivity index (χ2n) is 5.54. The summed E-state index contributed by atoms with van der Waals surface area (Å²) in [5.41, 5.74) is 4.45. The maximum absolute atomic E-state index is 5.77. The van der Waals surface area contributed by atoms with E-state index >= 15 is 0 Å². The van der Waals surface area contributed by atoms with E-state index in [9.17, 15) is 0 Å². The van der Waals surface area contributed by atoms with Crippen LogP contribution in [0.4, 0.5) is 0 Å². The van der Waals surface area contributed by atoms with Crippen LogP contribution in [0.2, 0.25) is 0 Å². The minimum atomic E-state index is 0.452. The molecule has 132 valence electrons. The number of pyridine rings is 1. The quantitative estimate of drug-likeness (QED) is 0.540. The molecule has 0 fully saturated rings. The Bertz CT molecular complexity index is 755. The summed E-state index contributed by atoms with van der Waals surface area (Å²) in [5, 5.41) is 0. The van der Waals surface area contributed by atoms with Crippen LogP contribution in [0.1, 0.15) is 23.6 Å². The summed E-state index contributed by atoms with van der Waals surface area (Å²) < 4.78 is 16.2. The molecule has 0 aliphatic rings. The van der Waals surface area contributed by atoms with Crippen LogP contribution in [0.25, 0.3) is 5.70 Å². The SMILES string of the molecule is C=C(N=C(C)c1cc(OCCOC)c(OC)cc1C)c1cccnc1. The van der Waals surface area contributed by atoms with Crippen LogP contribution in [0, 0.1) is 6.92 Å². The number of methoxy groups -OCH3 is 2. The van der Waals surface area contributed by atoms with Crippen molar-refractivity contribution in [2.75, 3.05) is 27.4 Å². The highest BCUT2D eigenvalue weighted by atomic mass is 16.5. The van der Waals surface area contributed by atoms with Crippen molar-refractivity contribution in [2.45, 2.75) is 13.8 Å². The monoisotopic (exact) mass is 340 g/mol. The van der Waals surface area contributed by atoms with Gasteiger partial charge in [-0.05, 0) is 43.7 Å². The maximum Gasteiger partial charge on any atom is 0.161 e. The maximum atomic E-state index is 5.77. The van der Waals surface area contributed by atoms with E-state index in [1.54, 1.807) is 26.6 Å². The van der Waals surface area contributed by atoms with E-state index in [0.29, 0.717) is 30.4 Å². The predicted octanol–water partition coefficient (Wildman–Crippen LogP) is 3.90. The lowest BCUT2D eigenvalue weighted by Gasteiger charge is -2.15. The lowest BCUT2D eigenvalue weighted by Crippen LogP contribution is -2.07. The molecule has 0 amide bonds. The van der Waals surface area contributed by atoms with Crippen LogP contribution < -0.4 is 9.47 Å². The second-order valence-corrected chi connectivity index (χ2v) is 5.54. The van der Waals surface area contributed by atoms with Gasteiger partial charge in [-0.15, -0.1) is 0 Å². The van der Waals surface area contributed by atoms with Gasteiger partial charge >= 0.3 is 0 Å². The summed E-state index contributed by atoms with van der Waals surface area (Å²) in [4.78, 5) is 8.74. The largest absolute Gasteiger partial charge is 0.493 e. The fourth-order valence-electron chi connectivity index (χ4n) is 2.42. The Morgan fingerprint density at radius 1 is 1.20 bits per heavy atom. The first-order valence-electron chi connectivity index (χ1n) is 8.02. The number of nitrogens with zero attached hydrogens (tertiary/aromatic N) is 2. The van der Waals surface area contributed by atoms with Gasteiger partial charge in [0.25, 0.3) is 0 Å². The number of hydrogen-bond acceptors (Lipinski definition) is 5. The molecule has 1 aromatic carbocycles. The van der Waals surface area contributed by atoms with Crippen LogP contribution in [0.3, 0.4) is 0 Å². The van der Waals surface area contributed by atoms with Crippen molar-refractivity contribution in [2.24, 2.45) is 4.99 Å². The van der Waals surface area contributed by atoms with Crippen molar-refractivity contribution >= 4 is 11.4 Å². The average molecular weight is 340 g/mol. The first-order chi connectivity index (χ1) is 12.1. The molecule has 5 heteroatoms. The minimum absolute atomic E-state index is 0.452. The highest BCUT2D eigenvalue weighted by Gasteiger charge is 2.12. The van der Waals surface area contributed by atoms with Gasteiger partial charge in [0.2, 0.25) is 0 Å². The Morgan fingerprint density at radius 3 is 2.64 bits per heavy atom. The number of aryl methyl sites for hydroxylation is 1. The zero-order valence-corrected chi connectivity index (χ0v) is 15.2. The summed E-state index contributed by atoms with van der Waals surface area (Å²) >= 11 is 0. The van der Waals surface area contributed by atoms with Crippen molar-refractivity contribution < 1.29 is 14.2 Å². The molecule has 0 aliphatic heterocycles. The summed E-state index contributed by atoms with van der Waals surface area (Å²) in [7, 11) is 3.27. The molecule has 0 aliphatic carbocycles. The highest BCUT2D eigenvalue weighted by Crippen LogP contribution is 2.31. The summed E-state index contributed by atoms with van der Waals surface area (Å²) in [6.07, 6.45) is 3.48. The molecule has 1 heterocycles.